The van der Waals surface area contributed by atoms with Crippen molar-refractivity contribution in [3.05, 3.63) is 12.2 Å². The molecule has 90 heavy (non-hydrogen) atoms. The summed E-state index contributed by atoms with van der Waals surface area (Å²) < 4.78 is 0. The van der Waals surface area contributed by atoms with Crippen LogP contribution in [0.3, 0.4) is 0 Å². The average molecular weight is 1280 g/mol. The summed E-state index contributed by atoms with van der Waals surface area (Å²) in [5.74, 6) is -17.8. The molecule has 508 valence electrons. The molecule has 1 rings (SSSR count). The number of carboxylic acids is 1. The Labute approximate surface area is 525 Å². The van der Waals surface area contributed by atoms with Gasteiger partial charge < -0.3 is 80.8 Å². The van der Waals surface area contributed by atoms with Crippen LogP contribution in [-0.4, -0.2) is 170 Å². The highest BCUT2D eigenvalue weighted by molar-refractivity contribution is 6.02. The summed E-state index contributed by atoms with van der Waals surface area (Å²) in [6.07, 6.45) is -2.15. The molecule has 0 aromatic rings. The number of amides is 11. The lowest BCUT2D eigenvalue weighted by atomic mass is 9.68. The fourth-order valence-corrected chi connectivity index (χ4v) is 10.1. The van der Waals surface area contributed by atoms with E-state index in [2.05, 4.69) is 42.5 Å². The number of nitrogens with one attached hydrogen (secondary N) is 8. The molecule has 15 atom stereocenters. The molecule has 0 radical (unpaired) electrons. The maximum Gasteiger partial charge on any atom is 0.304 e. The number of hydrogen-bond donors (Lipinski definition) is 15. The monoisotopic (exact) mass is 1280 g/mol. The van der Waals surface area contributed by atoms with E-state index in [-0.39, 0.29) is 37.9 Å². The average Bonchev–Trinajstić information content (AvgIpc) is 0.981. The van der Waals surface area contributed by atoms with E-state index in [9.17, 15) is 87.2 Å². The third-order valence-electron chi connectivity index (χ3n) is 16.0. The number of nitrogens with two attached hydrogens (primary N) is 4. The molecular weight excluding hydrogens is 1180 g/mol. The number of aliphatic carboxylic acids is 1. The normalized spacial score (nSPS) is 23.7. The summed E-state index contributed by atoms with van der Waals surface area (Å²) in [7, 11) is 0. The quantitative estimate of drug-likeness (QED) is 0.0361. The van der Waals surface area contributed by atoms with Crippen LogP contribution in [0.2, 0.25) is 0 Å². The van der Waals surface area contributed by atoms with Gasteiger partial charge in [-0.05, 0) is 84.5 Å². The minimum Gasteiger partial charge on any atom is -0.481 e. The van der Waals surface area contributed by atoms with Gasteiger partial charge >= 0.3 is 5.97 Å². The maximum absolute atomic E-state index is 14.8. The zero-order chi connectivity index (χ0) is 69.3. The first-order valence-electron chi connectivity index (χ1n) is 30.4. The molecule has 0 fully saturated rings. The Morgan fingerprint density at radius 2 is 1.22 bits per heavy atom. The van der Waals surface area contributed by atoms with Crippen LogP contribution in [0.15, 0.2) is 12.2 Å². The molecule has 30 heteroatoms. The molecule has 0 aromatic heterocycles. The smallest absolute Gasteiger partial charge is 0.304 e. The number of ketones is 3. The Balaban J connectivity index is 3.77. The number of carbonyl (C=O) groups excluding carboxylic acids is 14. The van der Waals surface area contributed by atoms with Crippen molar-refractivity contribution in [2.75, 3.05) is 0 Å². The molecule has 0 saturated heterocycles. The van der Waals surface area contributed by atoms with Crippen LogP contribution in [0.1, 0.15) is 179 Å². The molecule has 0 aliphatic carbocycles. The van der Waals surface area contributed by atoms with E-state index >= 15 is 0 Å². The van der Waals surface area contributed by atoms with Gasteiger partial charge in [0, 0.05) is 30.1 Å². The summed E-state index contributed by atoms with van der Waals surface area (Å²) in [5, 5.41) is 50.3. The molecule has 0 bridgehead atoms. The van der Waals surface area contributed by atoms with Gasteiger partial charge in [-0.15, -0.1) is 0 Å². The van der Waals surface area contributed by atoms with Gasteiger partial charge in [-0.1, -0.05) is 80.4 Å². The predicted octanol–water partition coefficient (Wildman–Crippen LogP) is -1.99. The van der Waals surface area contributed by atoms with Crippen LogP contribution in [0.4, 0.5) is 0 Å². The van der Waals surface area contributed by atoms with Crippen molar-refractivity contribution in [2.45, 2.75) is 245 Å². The van der Waals surface area contributed by atoms with Crippen molar-refractivity contribution in [2.24, 2.45) is 51.5 Å². The molecule has 1 aliphatic heterocycles. The van der Waals surface area contributed by atoms with Gasteiger partial charge in [0.05, 0.1) is 49.5 Å². The number of carbonyl (C=O) groups is 15. The minimum atomic E-state index is -1.97. The minimum absolute atomic E-state index is 0.151. The number of rotatable bonds is 29. The number of aliphatic hydroxyl groups is 2. The third kappa shape index (κ3) is 26.4. The van der Waals surface area contributed by atoms with Crippen LogP contribution in [0, 0.1) is 28.6 Å². The highest BCUT2D eigenvalue weighted by Gasteiger charge is 2.45. The zero-order valence-corrected chi connectivity index (χ0v) is 54.0. The predicted molar refractivity (Wildman–Crippen MR) is 326 cm³/mol. The Hall–Kier alpha value is -7.73. The summed E-state index contributed by atoms with van der Waals surface area (Å²) in [6, 6.07) is -12.7. The maximum atomic E-state index is 14.8. The Morgan fingerprint density at radius 1 is 0.667 bits per heavy atom. The van der Waals surface area contributed by atoms with Crippen LogP contribution < -0.4 is 65.5 Å². The SMILES string of the molecule is CC[C@H](C)[C@H](NC(=O)[C@H](C)NC(=O)[C@H](CC(N)=O)NC(=O)[C@H](CCC(N)=O)NC(=O)[C@@H](N)[C@@H](C)O)C(=O)C[C@@H](CC(=O)O)C(=O)N[C@@]1(C)CCC/C=C\CCC[C@@](C)(C(=O)C(C)(C)C)CC(=O)[C@H](CC(N)=O)NC(=O)[C@H]([C@@H](C)O)NC(=O)[C@H]([C@@H](C)CC)NC1=O. The molecule has 0 spiro atoms. The number of carboxylic acid groups (broad SMARTS) is 1. The van der Waals surface area contributed by atoms with Crippen molar-refractivity contribution in [1.29, 1.82) is 0 Å². The zero-order valence-electron chi connectivity index (χ0n) is 54.0. The van der Waals surface area contributed by atoms with E-state index in [1.165, 1.54) is 27.7 Å². The Morgan fingerprint density at radius 3 is 1.72 bits per heavy atom. The van der Waals surface area contributed by atoms with Crippen LogP contribution in [-0.2, 0) is 71.9 Å². The fourth-order valence-electron chi connectivity index (χ4n) is 10.1. The molecule has 30 nitrogen and oxygen atoms in total. The topological polar surface area (TPSA) is 517 Å². The third-order valence-corrected chi connectivity index (χ3v) is 16.0. The number of allylic oxidation sites excluding steroid dienone is 2. The van der Waals surface area contributed by atoms with Crippen molar-refractivity contribution in [3.8, 4) is 0 Å². The molecule has 1 aliphatic rings. The Bertz CT molecular complexity index is 2640. The molecule has 0 aromatic carbocycles. The fraction of sp³-hybridized carbons (Fsp3) is 0.717. The second kappa shape index (κ2) is 36.8. The molecule has 11 amide bonds. The summed E-state index contributed by atoms with van der Waals surface area (Å²) in [5.41, 5.74) is 17.7. The van der Waals surface area contributed by atoms with E-state index in [1.807, 2.05) is 6.08 Å². The molecule has 0 saturated carbocycles. The molecule has 0 unspecified atom stereocenters. The van der Waals surface area contributed by atoms with Gasteiger partial charge in [0.25, 0.3) is 0 Å². The van der Waals surface area contributed by atoms with E-state index in [1.54, 1.807) is 61.5 Å². The lowest BCUT2D eigenvalue weighted by Gasteiger charge is -2.35. The van der Waals surface area contributed by atoms with Gasteiger partial charge in [-0.3, -0.25) is 71.9 Å². The second-order valence-electron chi connectivity index (χ2n) is 25.3. The first-order valence-corrected chi connectivity index (χ1v) is 30.4. The van der Waals surface area contributed by atoms with Gasteiger partial charge in [0.15, 0.2) is 11.6 Å². The highest BCUT2D eigenvalue weighted by Crippen LogP contribution is 2.38. The van der Waals surface area contributed by atoms with Gasteiger partial charge in [-0.25, -0.2) is 0 Å². The van der Waals surface area contributed by atoms with Crippen LogP contribution in [0.25, 0.3) is 0 Å². The number of hydrogen-bond acceptors (Lipinski definition) is 18. The van der Waals surface area contributed by atoms with E-state index < -0.39 is 222 Å². The summed E-state index contributed by atoms with van der Waals surface area (Å²) in [6.45, 7) is 18.1. The lowest BCUT2D eigenvalue weighted by molar-refractivity contribution is -0.144. The number of Topliss-reactive ketones (excluding diaryl/α,β-unsaturated/α-hetero) is 3. The molecule has 1 heterocycles. The van der Waals surface area contributed by atoms with Crippen molar-refractivity contribution >= 4 is 88.3 Å². The van der Waals surface area contributed by atoms with Gasteiger partial charge in [0.1, 0.15) is 47.6 Å². The lowest BCUT2D eigenvalue weighted by Crippen LogP contribution is -2.64. The highest BCUT2D eigenvalue weighted by atomic mass is 16.4. The number of aliphatic hydroxyl groups excluding tert-OH is 2. The standard InChI is InChI=1S/C60H100N12O18/c1-13-30(3)46(69-49(82)32(5)65-52(85)38(28-43(63)79)68-51(84)36(21-22-41(61)77)66-53(86)45(64)33(6)73)39(75)25-35(26-44(80)81)50(83)72-60(12)24-20-18-16-15-17-19-23-59(11,56(89)58(8,9)10)29-40(76)37(27-42(62)78)67-55(88)48(34(7)74)70-54(87)47(31(4)14-2)71-57(60)90/h15-16,30-38,45-48,73-74H,13-14,17-29,64H2,1-12H3,(H2,61,77)(H2,62,78)(H2,63,79)(H,65,85)(H,66,86)(H,67,88)(H,68,84)(H,69,82)(H,70,87)(H,71,90)(H,72,83)(H,80,81)/b16-15-/t30-,31-,32-,33+,34+,35-,36-,37-,38-,45-,46-,47-,48-,59+,60-/m0/s1. The van der Waals surface area contributed by atoms with E-state index in [4.69, 9.17) is 22.9 Å². The largest absolute Gasteiger partial charge is 0.481 e. The molecule has 19 N–H and O–H groups in total. The molecular formula is C60H100N12O18. The first kappa shape index (κ1) is 80.3. The van der Waals surface area contributed by atoms with Crippen molar-refractivity contribution < 1.29 is 87.2 Å². The van der Waals surface area contributed by atoms with E-state index in [0.717, 1.165) is 0 Å². The Kier molecular flexibility index (Phi) is 32.8. The second-order valence-corrected chi connectivity index (χ2v) is 25.3. The van der Waals surface area contributed by atoms with Gasteiger partial charge in [-0.2, -0.15) is 0 Å². The summed E-state index contributed by atoms with van der Waals surface area (Å²) in [4.78, 5) is 202. The van der Waals surface area contributed by atoms with Crippen molar-refractivity contribution in [1.82, 2.24) is 42.5 Å². The summed E-state index contributed by atoms with van der Waals surface area (Å²) >= 11 is 0. The van der Waals surface area contributed by atoms with E-state index in [0.29, 0.717) is 19.3 Å². The van der Waals surface area contributed by atoms with Gasteiger partial charge in [0.2, 0.25) is 65.0 Å². The van der Waals surface area contributed by atoms with Crippen LogP contribution in [0.5, 0.6) is 0 Å². The first-order chi connectivity index (χ1) is 41.5. The number of primary amides is 3. The van der Waals surface area contributed by atoms with Crippen molar-refractivity contribution in [3.63, 3.8) is 0 Å². The van der Waals surface area contributed by atoms with Crippen LogP contribution >= 0.6 is 0 Å².